The van der Waals surface area contributed by atoms with Crippen molar-refractivity contribution in [2.45, 2.75) is 71.9 Å². The second-order valence-corrected chi connectivity index (χ2v) is 8.12. The smallest absolute Gasteiger partial charge is 0.329 e. The van der Waals surface area contributed by atoms with Crippen LogP contribution in [0.1, 0.15) is 59.8 Å². The number of nitrogens with one attached hydrogen (secondary N) is 1. The van der Waals surface area contributed by atoms with E-state index in [0.29, 0.717) is 37.5 Å². The Bertz CT molecular complexity index is 485. The van der Waals surface area contributed by atoms with Crippen LogP contribution in [-0.2, 0) is 23.9 Å². The van der Waals surface area contributed by atoms with Crippen LogP contribution in [0.15, 0.2) is 0 Å². The van der Waals surface area contributed by atoms with Gasteiger partial charge in [0.1, 0.15) is 12.1 Å². The molecular weight excluding hydrogens is 352 g/mol. The number of ether oxygens (including phenoxy) is 2. The van der Waals surface area contributed by atoms with Gasteiger partial charge in [-0.15, -0.1) is 0 Å². The monoisotopic (exact) mass is 386 g/mol. The number of nitrogens with zero attached hydrogens (tertiary/aromatic N) is 1. The van der Waals surface area contributed by atoms with Crippen LogP contribution >= 0.6 is 0 Å². The van der Waals surface area contributed by atoms with Crippen LogP contribution in [0.4, 0.5) is 0 Å². The first-order valence-electron chi connectivity index (χ1n) is 9.68. The van der Waals surface area contributed by atoms with Gasteiger partial charge in [0.05, 0.1) is 25.7 Å². The van der Waals surface area contributed by atoms with Gasteiger partial charge in [0, 0.05) is 12.8 Å². The Morgan fingerprint density at radius 3 is 2.48 bits per heavy atom. The molecule has 1 heterocycles. The average Bonchev–Trinajstić information content (AvgIpc) is 2.62. The molecule has 156 valence electrons. The maximum atomic E-state index is 12.8. The number of carbonyl (C=O) groups excluding carboxylic acids is 3. The molecular formula is C19H34N2O6. The molecule has 1 saturated heterocycles. The van der Waals surface area contributed by atoms with Crippen molar-refractivity contribution in [1.82, 2.24) is 10.4 Å². The molecule has 2 atom stereocenters. The molecule has 0 aromatic carbocycles. The Balaban J connectivity index is 2.80. The number of rotatable bonds is 10. The second kappa shape index (κ2) is 11.2. The molecule has 8 heteroatoms. The van der Waals surface area contributed by atoms with Crippen LogP contribution in [0.25, 0.3) is 0 Å². The third-order valence-corrected chi connectivity index (χ3v) is 4.65. The molecule has 1 fully saturated rings. The summed E-state index contributed by atoms with van der Waals surface area (Å²) in [7, 11) is 0. The molecule has 2 N–H and O–H groups in total. The molecule has 2 amide bonds. The summed E-state index contributed by atoms with van der Waals surface area (Å²) in [5, 5.41) is 12.7. The third-order valence-electron chi connectivity index (χ3n) is 4.65. The predicted molar refractivity (Wildman–Crippen MR) is 98.9 cm³/mol. The van der Waals surface area contributed by atoms with Crippen molar-refractivity contribution in [3.05, 3.63) is 0 Å². The Morgan fingerprint density at radius 2 is 1.96 bits per heavy atom. The average molecular weight is 386 g/mol. The number of carbonyl (C=O) groups is 3. The molecule has 1 aliphatic rings. The number of hydrogen-bond acceptors (Lipinski definition) is 6. The van der Waals surface area contributed by atoms with Crippen molar-refractivity contribution < 1.29 is 29.1 Å². The fourth-order valence-electron chi connectivity index (χ4n) is 2.94. The molecule has 0 bridgehead atoms. The highest BCUT2D eigenvalue weighted by Crippen LogP contribution is 2.23. The Labute approximate surface area is 161 Å². The van der Waals surface area contributed by atoms with E-state index in [0.717, 1.165) is 12.8 Å². The van der Waals surface area contributed by atoms with Crippen LogP contribution in [-0.4, -0.2) is 60.5 Å². The predicted octanol–water partition coefficient (Wildman–Crippen LogP) is 1.89. The van der Waals surface area contributed by atoms with E-state index in [1.54, 1.807) is 0 Å². The third kappa shape index (κ3) is 8.26. The minimum atomic E-state index is -0.819. The summed E-state index contributed by atoms with van der Waals surface area (Å²) in [5.74, 6) is -1.43. The SMILES string of the molecule is CCCC[C@H](CN(O)C=O)C(=O)N[C@H](C(=O)OC1CCOCC1)C(C)(C)C. The van der Waals surface area contributed by atoms with E-state index in [-0.39, 0.29) is 25.0 Å². The molecule has 0 unspecified atom stereocenters. The molecule has 0 saturated carbocycles. The van der Waals surface area contributed by atoms with E-state index >= 15 is 0 Å². The summed E-state index contributed by atoms with van der Waals surface area (Å²) in [6, 6.07) is -0.819. The fraction of sp³-hybridized carbons (Fsp3) is 0.842. The van der Waals surface area contributed by atoms with Gasteiger partial charge in [-0.3, -0.25) is 14.8 Å². The largest absolute Gasteiger partial charge is 0.461 e. The quantitative estimate of drug-likeness (QED) is 0.257. The van der Waals surface area contributed by atoms with E-state index in [1.807, 2.05) is 27.7 Å². The molecule has 27 heavy (non-hydrogen) atoms. The zero-order chi connectivity index (χ0) is 20.4. The maximum absolute atomic E-state index is 12.8. The molecule has 8 nitrogen and oxygen atoms in total. The van der Waals surface area contributed by atoms with Gasteiger partial charge in [-0.1, -0.05) is 40.5 Å². The number of esters is 1. The van der Waals surface area contributed by atoms with Gasteiger partial charge in [0.2, 0.25) is 12.3 Å². The Morgan fingerprint density at radius 1 is 1.33 bits per heavy atom. The van der Waals surface area contributed by atoms with Crippen LogP contribution in [0, 0.1) is 11.3 Å². The zero-order valence-electron chi connectivity index (χ0n) is 16.9. The topological polar surface area (TPSA) is 105 Å². The number of hydrogen-bond donors (Lipinski definition) is 2. The molecule has 0 aromatic heterocycles. The van der Waals surface area contributed by atoms with Gasteiger partial charge < -0.3 is 14.8 Å². The molecule has 0 spiro atoms. The van der Waals surface area contributed by atoms with Gasteiger partial charge >= 0.3 is 5.97 Å². The Kier molecular flexibility index (Phi) is 9.73. The van der Waals surface area contributed by atoms with Crippen molar-refractivity contribution in [3.8, 4) is 0 Å². The van der Waals surface area contributed by atoms with E-state index in [2.05, 4.69) is 5.32 Å². The zero-order valence-corrected chi connectivity index (χ0v) is 16.9. The van der Waals surface area contributed by atoms with Crippen molar-refractivity contribution in [2.24, 2.45) is 11.3 Å². The normalized spacial score (nSPS) is 17.7. The van der Waals surface area contributed by atoms with E-state index in [1.165, 1.54) is 0 Å². The summed E-state index contributed by atoms with van der Waals surface area (Å²) >= 11 is 0. The van der Waals surface area contributed by atoms with Crippen LogP contribution in [0.3, 0.4) is 0 Å². The van der Waals surface area contributed by atoms with Gasteiger partial charge in [-0.25, -0.2) is 9.86 Å². The lowest BCUT2D eigenvalue weighted by molar-refractivity contribution is -0.162. The van der Waals surface area contributed by atoms with Crippen LogP contribution in [0.5, 0.6) is 0 Å². The summed E-state index contributed by atoms with van der Waals surface area (Å²) in [4.78, 5) is 36.2. The van der Waals surface area contributed by atoms with Crippen LogP contribution < -0.4 is 5.32 Å². The lowest BCUT2D eigenvalue weighted by Gasteiger charge is -2.33. The summed E-state index contributed by atoms with van der Waals surface area (Å²) < 4.78 is 10.9. The van der Waals surface area contributed by atoms with Gasteiger partial charge in [-0.05, 0) is 11.8 Å². The van der Waals surface area contributed by atoms with Crippen molar-refractivity contribution in [1.29, 1.82) is 0 Å². The fourth-order valence-corrected chi connectivity index (χ4v) is 2.94. The van der Waals surface area contributed by atoms with Crippen molar-refractivity contribution in [2.75, 3.05) is 19.8 Å². The first kappa shape index (κ1) is 23.4. The van der Waals surface area contributed by atoms with Gasteiger partial charge in [0.25, 0.3) is 0 Å². The molecule has 1 rings (SSSR count). The molecule has 1 aliphatic heterocycles. The first-order valence-corrected chi connectivity index (χ1v) is 9.68. The molecule has 0 aliphatic carbocycles. The standard InChI is InChI=1S/C19H34N2O6/c1-5-6-7-14(12-21(25)13-22)17(23)20-16(19(2,3)4)18(24)27-15-8-10-26-11-9-15/h13-16,25H,5-12H2,1-4H3,(H,20,23)/t14-,16-/m1/s1. The number of hydroxylamine groups is 2. The highest BCUT2D eigenvalue weighted by Gasteiger charge is 2.37. The minimum absolute atomic E-state index is 0.110. The van der Waals surface area contributed by atoms with E-state index in [4.69, 9.17) is 9.47 Å². The second-order valence-electron chi connectivity index (χ2n) is 8.12. The molecule has 0 radical (unpaired) electrons. The Hall–Kier alpha value is -1.67. The maximum Gasteiger partial charge on any atom is 0.329 e. The number of amides is 2. The van der Waals surface area contributed by atoms with Crippen molar-refractivity contribution >= 4 is 18.3 Å². The van der Waals surface area contributed by atoms with Crippen LogP contribution in [0.2, 0.25) is 0 Å². The lowest BCUT2D eigenvalue weighted by Crippen LogP contribution is -2.53. The summed E-state index contributed by atoms with van der Waals surface area (Å²) in [6.07, 6.45) is 3.53. The van der Waals surface area contributed by atoms with Crippen molar-refractivity contribution in [3.63, 3.8) is 0 Å². The van der Waals surface area contributed by atoms with E-state index in [9.17, 15) is 19.6 Å². The minimum Gasteiger partial charge on any atom is -0.461 e. The molecule has 0 aromatic rings. The summed E-state index contributed by atoms with van der Waals surface area (Å²) in [6.45, 7) is 8.56. The highest BCUT2D eigenvalue weighted by atomic mass is 16.6. The first-order chi connectivity index (χ1) is 12.7. The summed E-state index contributed by atoms with van der Waals surface area (Å²) in [5.41, 5.74) is -0.545. The van der Waals surface area contributed by atoms with Gasteiger partial charge in [0.15, 0.2) is 0 Å². The van der Waals surface area contributed by atoms with E-state index < -0.39 is 23.3 Å². The lowest BCUT2D eigenvalue weighted by atomic mass is 9.86. The van der Waals surface area contributed by atoms with Gasteiger partial charge in [-0.2, -0.15) is 0 Å². The number of unbranched alkanes of at least 4 members (excludes halogenated alkanes) is 1. The highest BCUT2D eigenvalue weighted by molar-refractivity contribution is 5.86.